The van der Waals surface area contributed by atoms with Gasteiger partial charge in [0.1, 0.15) is 6.04 Å². The molecule has 0 unspecified atom stereocenters. The second kappa shape index (κ2) is 14.5. The van der Waals surface area contributed by atoms with Gasteiger partial charge in [-0.2, -0.15) is 0 Å². The second-order valence-corrected chi connectivity index (χ2v) is 11.5. The minimum atomic E-state index is -0.660. The highest BCUT2D eigenvalue weighted by atomic mass is 35.5. The Labute approximate surface area is 234 Å². The van der Waals surface area contributed by atoms with Crippen molar-refractivity contribution in [2.75, 3.05) is 12.3 Å². The first-order valence-corrected chi connectivity index (χ1v) is 14.2. The van der Waals surface area contributed by atoms with Gasteiger partial charge >= 0.3 is 0 Å². The van der Waals surface area contributed by atoms with E-state index in [1.165, 1.54) is 5.56 Å². The van der Waals surface area contributed by atoms with Gasteiger partial charge in [0.25, 0.3) is 0 Å². The second-order valence-electron chi connectivity index (χ2n) is 9.53. The molecular weight excluding hydrogens is 523 g/mol. The molecule has 4 nitrogen and oxygen atoms in total. The third kappa shape index (κ3) is 9.41. The van der Waals surface area contributed by atoms with Crippen LogP contribution < -0.4 is 5.32 Å². The van der Waals surface area contributed by atoms with Crippen LogP contribution >= 0.6 is 35.0 Å². The van der Waals surface area contributed by atoms with Crippen molar-refractivity contribution in [3.05, 3.63) is 99.5 Å². The standard InChI is InChI=1S/C30H34Cl2N2O2S/c1-21(2)19-33-30(36)28(18-23-7-5-4-6-8-23)34(20-24-11-14-26(31)27(32)17-24)29(35)15-16-37-25-12-9-22(3)10-13-25/h4-14,17,21,28H,15-16,18-20H2,1-3H3,(H,33,36)/t28-/m1/s1. The summed E-state index contributed by atoms with van der Waals surface area (Å²) in [5, 5.41) is 3.92. The molecular formula is C30H34Cl2N2O2S. The van der Waals surface area contributed by atoms with Crippen molar-refractivity contribution < 1.29 is 9.59 Å². The number of thioether (sulfide) groups is 1. The first-order valence-electron chi connectivity index (χ1n) is 12.5. The van der Waals surface area contributed by atoms with E-state index >= 15 is 0 Å². The maximum atomic E-state index is 13.7. The normalized spacial score (nSPS) is 11.8. The van der Waals surface area contributed by atoms with Gasteiger partial charge in [-0.05, 0) is 48.2 Å². The molecule has 1 N–H and O–H groups in total. The predicted octanol–water partition coefficient (Wildman–Crippen LogP) is 7.20. The Morgan fingerprint density at radius 1 is 0.919 bits per heavy atom. The van der Waals surface area contributed by atoms with Crippen LogP contribution in [0.2, 0.25) is 10.0 Å². The number of amides is 2. The van der Waals surface area contributed by atoms with Crippen molar-refractivity contribution in [3.63, 3.8) is 0 Å². The van der Waals surface area contributed by atoms with Gasteiger partial charge in [-0.1, -0.05) is 91.1 Å². The summed E-state index contributed by atoms with van der Waals surface area (Å²) in [6.45, 7) is 6.95. The monoisotopic (exact) mass is 556 g/mol. The molecule has 7 heteroatoms. The Hall–Kier alpha value is -2.47. The van der Waals surface area contributed by atoms with Crippen LogP contribution in [0.3, 0.4) is 0 Å². The Morgan fingerprint density at radius 3 is 2.27 bits per heavy atom. The van der Waals surface area contributed by atoms with Crippen LogP contribution in [0.4, 0.5) is 0 Å². The Bertz CT molecular complexity index is 1170. The minimum Gasteiger partial charge on any atom is -0.354 e. The molecule has 0 radical (unpaired) electrons. The molecule has 0 aliphatic heterocycles. The summed E-state index contributed by atoms with van der Waals surface area (Å²) < 4.78 is 0. The van der Waals surface area contributed by atoms with Crippen LogP contribution in [0.1, 0.15) is 37.0 Å². The van der Waals surface area contributed by atoms with Crippen molar-refractivity contribution in [3.8, 4) is 0 Å². The highest BCUT2D eigenvalue weighted by Crippen LogP contribution is 2.25. The van der Waals surface area contributed by atoms with Crippen LogP contribution in [0.25, 0.3) is 0 Å². The average Bonchev–Trinajstić information content (AvgIpc) is 2.88. The largest absolute Gasteiger partial charge is 0.354 e. The van der Waals surface area contributed by atoms with E-state index < -0.39 is 6.04 Å². The van der Waals surface area contributed by atoms with E-state index in [1.54, 1.807) is 28.8 Å². The van der Waals surface area contributed by atoms with Crippen LogP contribution in [-0.4, -0.2) is 35.1 Å². The number of carbonyl (C=O) groups is 2. The number of halogens is 2. The summed E-state index contributed by atoms with van der Waals surface area (Å²) in [6.07, 6.45) is 0.728. The molecule has 196 valence electrons. The fourth-order valence-corrected chi connectivity index (χ4v) is 5.01. The smallest absolute Gasteiger partial charge is 0.243 e. The highest BCUT2D eigenvalue weighted by molar-refractivity contribution is 7.99. The quantitative estimate of drug-likeness (QED) is 0.240. The molecule has 37 heavy (non-hydrogen) atoms. The molecule has 0 aromatic heterocycles. The lowest BCUT2D eigenvalue weighted by Gasteiger charge is -2.32. The van der Waals surface area contributed by atoms with Crippen molar-refractivity contribution >= 4 is 46.8 Å². The van der Waals surface area contributed by atoms with Gasteiger partial charge in [0.2, 0.25) is 11.8 Å². The first-order chi connectivity index (χ1) is 17.7. The summed E-state index contributed by atoms with van der Waals surface area (Å²) in [6, 6.07) is 22.7. The summed E-state index contributed by atoms with van der Waals surface area (Å²) in [7, 11) is 0. The number of carbonyl (C=O) groups excluding carboxylic acids is 2. The highest BCUT2D eigenvalue weighted by Gasteiger charge is 2.30. The zero-order valence-electron chi connectivity index (χ0n) is 21.5. The number of benzene rings is 3. The molecule has 0 heterocycles. The van der Waals surface area contributed by atoms with Crippen LogP contribution in [0.5, 0.6) is 0 Å². The predicted molar refractivity (Wildman–Crippen MR) is 155 cm³/mol. The number of nitrogens with one attached hydrogen (secondary N) is 1. The van der Waals surface area contributed by atoms with Crippen LogP contribution in [-0.2, 0) is 22.6 Å². The number of rotatable bonds is 12. The minimum absolute atomic E-state index is 0.0775. The zero-order chi connectivity index (χ0) is 26.8. The lowest BCUT2D eigenvalue weighted by molar-refractivity contribution is -0.141. The summed E-state index contributed by atoms with van der Waals surface area (Å²) in [4.78, 5) is 30.0. The number of hydrogen-bond donors (Lipinski definition) is 1. The summed E-state index contributed by atoms with van der Waals surface area (Å²) in [5.74, 6) is 0.681. The SMILES string of the molecule is Cc1ccc(SCCC(=O)N(Cc2ccc(Cl)c(Cl)c2)[C@H](Cc2ccccc2)C(=O)NCC(C)C)cc1. The Morgan fingerprint density at radius 2 is 1.62 bits per heavy atom. The van der Waals surface area contributed by atoms with E-state index in [1.807, 2.05) is 50.2 Å². The van der Waals surface area contributed by atoms with Gasteiger partial charge in [0.15, 0.2) is 0 Å². The van der Waals surface area contributed by atoms with E-state index in [-0.39, 0.29) is 18.4 Å². The molecule has 3 rings (SSSR count). The van der Waals surface area contributed by atoms with Gasteiger partial charge in [-0.15, -0.1) is 11.8 Å². The number of hydrogen-bond acceptors (Lipinski definition) is 3. The Balaban J connectivity index is 1.86. The lowest BCUT2D eigenvalue weighted by atomic mass is 10.0. The van der Waals surface area contributed by atoms with Crippen LogP contribution in [0.15, 0.2) is 77.7 Å². The molecule has 3 aromatic carbocycles. The number of aryl methyl sites for hydroxylation is 1. The van der Waals surface area contributed by atoms with Crippen LogP contribution in [0, 0.1) is 12.8 Å². The van der Waals surface area contributed by atoms with Crippen molar-refractivity contribution in [2.24, 2.45) is 5.92 Å². The molecule has 0 spiro atoms. The molecule has 0 fully saturated rings. The van der Waals surface area contributed by atoms with Crippen molar-refractivity contribution in [1.29, 1.82) is 0 Å². The summed E-state index contributed by atoms with van der Waals surface area (Å²) >= 11 is 14.0. The third-order valence-corrected chi connectivity index (χ3v) is 7.65. The third-order valence-electron chi connectivity index (χ3n) is 5.90. The molecule has 0 aliphatic carbocycles. The molecule has 1 atom stereocenters. The molecule has 0 aliphatic rings. The summed E-state index contributed by atoms with van der Waals surface area (Å²) in [5.41, 5.74) is 3.02. The van der Waals surface area contributed by atoms with E-state index in [4.69, 9.17) is 23.2 Å². The molecule has 3 aromatic rings. The lowest BCUT2D eigenvalue weighted by Crippen LogP contribution is -2.51. The van der Waals surface area contributed by atoms with Gasteiger partial charge in [-0.3, -0.25) is 9.59 Å². The molecule has 0 saturated heterocycles. The van der Waals surface area contributed by atoms with Gasteiger partial charge in [0.05, 0.1) is 10.0 Å². The Kier molecular flexibility index (Phi) is 11.4. The molecule has 0 saturated carbocycles. The van der Waals surface area contributed by atoms with E-state index in [2.05, 4.69) is 36.5 Å². The zero-order valence-corrected chi connectivity index (χ0v) is 23.9. The topological polar surface area (TPSA) is 49.4 Å². The van der Waals surface area contributed by atoms with Gasteiger partial charge in [-0.25, -0.2) is 0 Å². The molecule has 0 bridgehead atoms. The van der Waals surface area contributed by atoms with E-state index in [9.17, 15) is 9.59 Å². The van der Waals surface area contributed by atoms with Crippen molar-refractivity contribution in [1.82, 2.24) is 10.2 Å². The van der Waals surface area contributed by atoms with Gasteiger partial charge in [0, 0.05) is 36.6 Å². The fraction of sp³-hybridized carbons (Fsp3) is 0.333. The van der Waals surface area contributed by atoms with E-state index in [0.717, 1.165) is 16.0 Å². The molecule has 2 amide bonds. The van der Waals surface area contributed by atoms with Crippen molar-refractivity contribution in [2.45, 2.75) is 51.1 Å². The fourth-order valence-electron chi connectivity index (χ4n) is 3.85. The average molecular weight is 558 g/mol. The maximum Gasteiger partial charge on any atom is 0.243 e. The van der Waals surface area contributed by atoms with Gasteiger partial charge < -0.3 is 10.2 Å². The van der Waals surface area contributed by atoms with E-state index in [0.29, 0.717) is 41.1 Å². The first kappa shape index (κ1) is 29.1. The number of nitrogens with zero attached hydrogens (tertiary/aromatic N) is 1. The maximum absolute atomic E-state index is 13.7.